The second kappa shape index (κ2) is 8.58. The summed E-state index contributed by atoms with van der Waals surface area (Å²) < 4.78 is 5.80. The van der Waals surface area contributed by atoms with E-state index in [9.17, 15) is 9.59 Å². The molecule has 27 heavy (non-hydrogen) atoms. The van der Waals surface area contributed by atoms with E-state index in [4.69, 9.17) is 4.74 Å². The molecule has 1 aliphatic rings. The zero-order chi connectivity index (χ0) is 19.2. The van der Waals surface area contributed by atoms with Gasteiger partial charge in [-0.2, -0.15) is 0 Å². The third kappa shape index (κ3) is 4.39. The Kier molecular flexibility index (Phi) is 5.96. The number of rotatable bonds is 6. The maximum Gasteiger partial charge on any atom is 0.262 e. The molecule has 0 saturated heterocycles. The number of benzene rings is 2. The van der Waals surface area contributed by atoms with Crippen LogP contribution >= 0.6 is 0 Å². The lowest BCUT2D eigenvalue weighted by atomic mass is 10.1. The Bertz CT molecular complexity index is 794. The van der Waals surface area contributed by atoms with Gasteiger partial charge in [0.2, 0.25) is 5.91 Å². The Balaban J connectivity index is 1.75. The van der Waals surface area contributed by atoms with Gasteiger partial charge >= 0.3 is 0 Å². The molecular formula is C21H25N3O3. The fourth-order valence-electron chi connectivity index (χ4n) is 3.20. The predicted octanol–water partition coefficient (Wildman–Crippen LogP) is 2.05. The summed E-state index contributed by atoms with van der Waals surface area (Å²) >= 11 is 0. The zero-order valence-electron chi connectivity index (χ0n) is 15.7. The number of anilines is 1. The second-order valence-corrected chi connectivity index (χ2v) is 6.46. The van der Waals surface area contributed by atoms with E-state index in [0.29, 0.717) is 25.4 Å². The third-order valence-corrected chi connectivity index (χ3v) is 4.68. The summed E-state index contributed by atoms with van der Waals surface area (Å²) in [6, 6.07) is 17.4. The molecule has 2 aromatic rings. The molecule has 0 bridgehead atoms. The lowest BCUT2D eigenvalue weighted by molar-refractivity contribution is -0.131. The number of fused-ring (bicyclic) bond motifs is 1. The Morgan fingerprint density at radius 1 is 1.15 bits per heavy atom. The SMILES string of the molecule is CCN(Cc1ccccc1)C(=O)CN1C[C@H](C(=O)NC)Oc2ccccc21. The van der Waals surface area contributed by atoms with Crippen LogP contribution in [0, 0.1) is 0 Å². The molecule has 6 heteroatoms. The molecule has 0 radical (unpaired) electrons. The van der Waals surface area contributed by atoms with Crippen LogP contribution in [0.3, 0.4) is 0 Å². The quantitative estimate of drug-likeness (QED) is 0.849. The van der Waals surface area contributed by atoms with Crippen LogP contribution in [-0.2, 0) is 16.1 Å². The highest BCUT2D eigenvalue weighted by atomic mass is 16.5. The van der Waals surface area contributed by atoms with E-state index < -0.39 is 6.10 Å². The van der Waals surface area contributed by atoms with Crippen LogP contribution in [-0.4, -0.2) is 49.5 Å². The van der Waals surface area contributed by atoms with Gasteiger partial charge in [-0.1, -0.05) is 42.5 Å². The smallest absolute Gasteiger partial charge is 0.262 e. The van der Waals surface area contributed by atoms with Crippen molar-refractivity contribution in [3.63, 3.8) is 0 Å². The molecule has 1 atom stereocenters. The molecular weight excluding hydrogens is 342 g/mol. The molecule has 1 N–H and O–H groups in total. The minimum Gasteiger partial charge on any atom is -0.477 e. The van der Waals surface area contributed by atoms with Gasteiger partial charge in [-0.05, 0) is 24.6 Å². The van der Waals surface area contributed by atoms with Gasteiger partial charge in [0.15, 0.2) is 6.10 Å². The van der Waals surface area contributed by atoms with Gasteiger partial charge in [0, 0.05) is 20.1 Å². The number of carbonyl (C=O) groups is 2. The van der Waals surface area contributed by atoms with Crippen LogP contribution < -0.4 is 15.0 Å². The van der Waals surface area contributed by atoms with Gasteiger partial charge in [0.05, 0.1) is 18.8 Å². The molecule has 0 aromatic heterocycles. The number of para-hydroxylation sites is 2. The van der Waals surface area contributed by atoms with Crippen LogP contribution in [0.25, 0.3) is 0 Å². The van der Waals surface area contributed by atoms with Crippen molar-refractivity contribution in [2.45, 2.75) is 19.6 Å². The Morgan fingerprint density at radius 2 is 1.85 bits per heavy atom. The van der Waals surface area contributed by atoms with E-state index >= 15 is 0 Å². The number of likely N-dealkylation sites (N-methyl/N-ethyl adjacent to an activating group) is 2. The van der Waals surface area contributed by atoms with Crippen LogP contribution in [0.4, 0.5) is 5.69 Å². The molecule has 6 nitrogen and oxygen atoms in total. The van der Waals surface area contributed by atoms with Crippen molar-refractivity contribution in [2.75, 3.05) is 31.6 Å². The van der Waals surface area contributed by atoms with Crippen LogP contribution in [0.2, 0.25) is 0 Å². The first-order valence-electron chi connectivity index (χ1n) is 9.16. The van der Waals surface area contributed by atoms with E-state index in [1.165, 1.54) is 0 Å². The largest absolute Gasteiger partial charge is 0.477 e. The first-order chi connectivity index (χ1) is 13.1. The van der Waals surface area contributed by atoms with Crippen molar-refractivity contribution in [1.82, 2.24) is 10.2 Å². The maximum absolute atomic E-state index is 12.9. The number of nitrogens with zero attached hydrogens (tertiary/aromatic N) is 2. The van der Waals surface area contributed by atoms with E-state index in [2.05, 4.69) is 5.32 Å². The number of hydrogen-bond acceptors (Lipinski definition) is 4. The maximum atomic E-state index is 12.9. The fourth-order valence-corrected chi connectivity index (χ4v) is 3.20. The highest BCUT2D eigenvalue weighted by molar-refractivity contribution is 5.86. The van der Waals surface area contributed by atoms with Gasteiger partial charge in [0.1, 0.15) is 5.75 Å². The van der Waals surface area contributed by atoms with Crippen molar-refractivity contribution in [2.24, 2.45) is 0 Å². The van der Waals surface area contributed by atoms with Gasteiger partial charge in [-0.3, -0.25) is 9.59 Å². The molecule has 3 rings (SSSR count). The van der Waals surface area contributed by atoms with Crippen LogP contribution in [0.5, 0.6) is 5.75 Å². The van der Waals surface area contributed by atoms with Gasteiger partial charge in [0.25, 0.3) is 5.91 Å². The molecule has 0 fully saturated rings. The van der Waals surface area contributed by atoms with E-state index in [0.717, 1.165) is 11.3 Å². The van der Waals surface area contributed by atoms with E-state index in [1.807, 2.05) is 71.3 Å². The van der Waals surface area contributed by atoms with E-state index in [-0.39, 0.29) is 18.4 Å². The monoisotopic (exact) mass is 367 g/mol. The van der Waals surface area contributed by atoms with Crippen molar-refractivity contribution in [3.05, 3.63) is 60.2 Å². The number of hydrogen-bond donors (Lipinski definition) is 1. The summed E-state index contributed by atoms with van der Waals surface area (Å²) in [5.74, 6) is 0.448. The van der Waals surface area contributed by atoms with Crippen LogP contribution in [0.1, 0.15) is 12.5 Å². The second-order valence-electron chi connectivity index (χ2n) is 6.46. The standard InChI is InChI=1S/C21H25N3O3/c1-3-23(13-16-9-5-4-6-10-16)20(25)15-24-14-19(21(26)22-2)27-18-12-8-7-11-17(18)24/h4-12,19H,3,13-15H2,1-2H3,(H,22,26)/t19-/m1/s1. The first-order valence-corrected chi connectivity index (χ1v) is 9.16. The minimum absolute atomic E-state index is 0.0220. The molecule has 0 unspecified atom stereocenters. The lowest BCUT2D eigenvalue weighted by Crippen LogP contribution is -2.51. The normalized spacial score (nSPS) is 15.5. The summed E-state index contributed by atoms with van der Waals surface area (Å²) in [5.41, 5.74) is 1.93. The molecule has 1 aliphatic heterocycles. The number of ether oxygens (including phenoxy) is 1. The molecule has 0 spiro atoms. The van der Waals surface area contributed by atoms with E-state index in [1.54, 1.807) is 7.05 Å². The highest BCUT2D eigenvalue weighted by Crippen LogP contribution is 2.33. The number of carbonyl (C=O) groups excluding carboxylic acids is 2. The highest BCUT2D eigenvalue weighted by Gasteiger charge is 2.31. The summed E-state index contributed by atoms with van der Waals surface area (Å²) in [6.45, 7) is 3.71. The number of nitrogens with one attached hydrogen (secondary N) is 1. The summed E-state index contributed by atoms with van der Waals surface area (Å²) in [5, 5.41) is 2.62. The molecule has 2 aromatic carbocycles. The minimum atomic E-state index is -0.637. The molecule has 0 saturated carbocycles. The predicted molar refractivity (Wildman–Crippen MR) is 105 cm³/mol. The Morgan fingerprint density at radius 3 is 2.56 bits per heavy atom. The van der Waals surface area contributed by atoms with Gasteiger partial charge < -0.3 is 19.9 Å². The van der Waals surface area contributed by atoms with Crippen molar-refractivity contribution < 1.29 is 14.3 Å². The zero-order valence-corrected chi connectivity index (χ0v) is 15.7. The van der Waals surface area contributed by atoms with Crippen molar-refractivity contribution in [3.8, 4) is 5.75 Å². The fraction of sp³-hybridized carbons (Fsp3) is 0.333. The average Bonchev–Trinajstić information content (AvgIpc) is 2.71. The molecule has 1 heterocycles. The summed E-state index contributed by atoms with van der Waals surface area (Å²) in [4.78, 5) is 28.8. The molecule has 0 aliphatic carbocycles. The Labute approximate surface area is 159 Å². The van der Waals surface area contributed by atoms with Gasteiger partial charge in [-0.15, -0.1) is 0 Å². The van der Waals surface area contributed by atoms with Crippen LogP contribution in [0.15, 0.2) is 54.6 Å². The third-order valence-electron chi connectivity index (χ3n) is 4.68. The molecule has 2 amide bonds. The average molecular weight is 367 g/mol. The lowest BCUT2D eigenvalue weighted by Gasteiger charge is -2.36. The topological polar surface area (TPSA) is 61.9 Å². The van der Waals surface area contributed by atoms with Crippen molar-refractivity contribution in [1.29, 1.82) is 0 Å². The van der Waals surface area contributed by atoms with Gasteiger partial charge in [-0.25, -0.2) is 0 Å². The van der Waals surface area contributed by atoms with Crippen molar-refractivity contribution >= 4 is 17.5 Å². The summed E-state index contributed by atoms with van der Waals surface area (Å²) in [7, 11) is 1.58. The summed E-state index contributed by atoms with van der Waals surface area (Å²) in [6.07, 6.45) is -0.637. The Hall–Kier alpha value is -3.02. The molecule has 142 valence electrons. The number of amides is 2. The first kappa shape index (κ1) is 18.8.